The third-order valence-corrected chi connectivity index (χ3v) is 8.99. The van der Waals surface area contributed by atoms with Crippen molar-refractivity contribution < 1.29 is 19.4 Å². The van der Waals surface area contributed by atoms with Gasteiger partial charge in [0, 0.05) is 12.8 Å². The first-order chi connectivity index (χ1) is 21.6. The number of aliphatic carboxylic acids is 1. The minimum absolute atomic E-state index is 0.00253. The van der Waals surface area contributed by atoms with Gasteiger partial charge in [0.1, 0.15) is 6.10 Å². The summed E-state index contributed by atoms with van der Waals surface area (Å²) in [6.07, 6.45) is 43.7. The van der Waals surface area contributed by atoms with Crippen LogP contribution in [0.1, 0.15) is 226 Å². The smallest absolute Gasteiger partial charge is 0.306 e. The summed E-state index contributed by atoms with van der Waals surface area (Å²) in [7, 11) is 0. The largest absolute Gasteiger partial charge is 0.481 e. The standard InChI is InChI=1S/C40H76O4/c1-3-5-7-9-11-13-15-17-18-20-22-24-29-33-37-40(43)44-38(35-31-27-25-28-32-36-39(41)42)34-30-26-23-21-19-16-14-12-10-8-6-4-2/h15,17,38H,3-14,16,18-37H2,1-2H3,(H,41,42)/b17-15-. The van der Waals surface area contributed by atoms with Gasteiger partial charge in [-0.15, -0.1) is 0 Å². The molecule has 1 atom stereocenters. The highest BCUT2D eigenvalue weighted by atomic mass is 16.5. The summed E-state index contributed by atoms with van der Waals surface area (Å²) in [5.74, 6) is -0.701. The Bertz CT molecular complexity index is 629. The molecular formula is C40H76O4. The van der Waals surface area contributed by atoms with Crippen LogP contribution in [0.15, 0.2) is 12.2 Å². The van der Waals surface area contributed by atoms with E-state index in [0.29, 0.717) is 6.42 Å². The molecule has 0 saturated carbocycles. The van der Waals surface area contributed by atoms with Crippen molar-refractivity contribution >= 4 is 11.9 Å². The maximum atomic E-state index is 12.6. The van der Waals surface area contributed by atoms with E-state index in [2.05, 4.69) is 26.0 Å². The van der Waals surface area contributed by atoms with Gasteiger partial charge >= 0.3 is 11.9 Å². The van der Waals surface area contributed by atoms with Gasteiger partial charge in [-0.05, 0) is 64.2 Å². The molecule has 0 aromatic carbocycles. The molecule has 0 aliphatic carbocycles. The summed E-state index contributed by atoms with van der Waals surface area (Å²) in [6, 6.07) is 0. The highest BCUT2D eigenvalue weighted by Crippen LogP contribution is 2.19. The molecule has 1 N–H and O–H groups in total. The Morgan fingerprint density at radius 3 is 1.23 bits per heavy atom. The van der Waals surface area contributed by atoms with E-state index in [0.717, 1.165) is 64.2 Å². The molecule has 0 aliphatic heterocycles. The molecule has 0 heterocycles. The van der Waals surface area contributed by atoms with E-state index in [1.807, 2.05) is 0 Å². The number of carboxylic acids is 1. The third-order valence-electron chi connectivity index (χ3n) is 8.99. The monoisotopic (exact) mass is 621 g/mol. The quantitative estimate of drug-likeness (QED) is 0.0430. The number of hydrogen-bond donors (Lipinski definition) is 1. The Hall–Kier alpha value is -1.32. The fourth-order valence-corrected chi connectivity index (χ4v) is 6.06. The van der Waals surface area contributed by atoms with E-state index in [1.54, 1.807) is 0 Å². The summed E-state index contributed by atoms with van der Waals surface area (Å²) < 4.78 is 6.00. The Morgan fingerprint density at radius 2 is 0.818 bits per heavy atom. The molecular weight excluding hydrogens is 544 g/mol. The van der Waals surface area contributed by atoms with Crippen LogP contribution in [0.4, 0.5) is 0 Å². The van der Waals surface area contributed by atoms with E-state index < -0.39 is 5.97 Å². The summed E-state index contributed by atoms with van der Waals surface area (Å²) in [4.78, 5) is 23.3. The molecule has 0 aliphatic rings. The molecule has 4 nitrogen and oxygen atoms in total. The van der Waals surface area contributed by atoms with Crippen LogP contribution in [0.25, 0.3) is 0 Å². The second-order valence-electron chi connectivity index (χ2n) is 13.5. The highest BCUT2D eigenvalue weighted by Gasteiger charge is 2.14. The van der Waals surface area contributed by atoms with Gasteiger partial charge in [0.25, 0.3) is 0 Å². The molecule has 44 heavy (non-hydrogen) atoms. The molecule has 0 rings (SSSR count). The Balaban J connectivity index is 4.03. The number of ether oxygens (including phenoxy) is 1. The van der Waals surface area contributed by atoms with Crippen molar-refractivity contribution in [1.29, 1.82) is 0 Å². The van der Waals surface area contributed by atoms with Crippen molar-refractivity contribution in [3.8, 4) is 0 Å². The average Bonchev–Trinajstić information content (AvgIpc) is 3.00. The molecule has 0 amide bonds. The average molecular weight is 621 g/mol. The van der Waals surface area contributed by atoms with E-state index in [9.17, 15) is 9.59 Å². The lowest BCUT2D eigenvalue weighted by atomic mass is 10.0. The van der Waals surface area contributed by atoms with Crippen molar-refractivity contribution in [1.82, 2.24) is 0 Å². The SMILES string of the molecule is CCCCCCC/C=C\CCCCCCCC(=O)OC(CCCCCCCCCCCCCC)CCCCCCCC(=O)O. The van der Waals surface area contributed by atoms with Crippen LogP contribution in [-0.2, 0) is 14.3 Å². The van der Waals surface area contributed by atoms with Gasteiger partial charge in [0.05, 0.1) is 0 Å². The molecule has 1 unspecified atom stereocenters. The Kier molecular flexibility index (Phi) is 35.1. The Morgan fingerprint density at radius 1 is 0.477 bits per heavy atom. The molecule has 0 aromatic heterocycles. The van der Waals surface area contributed by atoms with Gasteiger partial charge in [-0.1, -0.05) is 161 Å². The van der Waals surface area contributed by atoms with Crippen LogP contribution in [-0.4, -0.2) is 23.1 Å². The van der Waals surface area contributed by atoms with Crippen LogP contribution in [0, 0.1) is 0 Å². The van der Waals surface area contributed by atoms with E-state index in [1.165, 1.54) is 135 Å². The maximum Gasteiger partial charge on any atom is 0.306 e. The molecule has 0 radical (unpaired) electrons. The van der Waals surface area contributed by atoms with E-state index in [-0.39, 0.29) is 18.5 Å². The summed E-state index contributed by atoms with van der Waals surface area (Å²) in [5, 5.41) is 8.81. The Labute approximate surface area is 275 Å². The van der Waals surface area contributed by atoms with Crippen LogP contribution in [0.5, 0.6) is 0 Å². The number of hydrogen-bond acceptors (Lipinski definition) is 3. The van der Waals surface area contributed by atoms with Gasteiger partial charge in [0.2, 0.25) is 0 Å². The molecule has 0 aromatic rings. The van der Waals surface area contributed by atoms with Gasteiger partial charge in [0.15, 0.2) is 0 Å². The fourth-order valence-electron chi connectivity index (χ4n) is 6.06. The maximum absolute atomic E-state index is 12.6. The molecule has 0 saturated heterocycles. The number of carbonyl (C=O) groups is 2. The predicted molar refractivity (Wildman–Crippen MR) is 190 cm³/mol. The van der Waals surface area contributed by atoms with E-state index in [4.69, 9.17) is 9.84 Å². The number of carbonyl (C=O) groups excluding carboxylic acids is 1. The fraction of sp³-hybridized carbons (Fsp3) is 0.900. The zero-order chi connectivity index (χ0) is 32.2. The number of carboxylic acid groups (broad SMARTS) is 1. The van der Waals surface area contributed by atoms with Crippen molar-refractivity contribution in [2.24, 2.45) is 0 Å². The summed E-state index contributed by atoms with van der Waals surface area (Å²) in [6.45, 7) is 4.54. The number of unbranched alkanes of at least 4 members (excludes halogenated alkanes) is 25. The normalized spacial score (nSPS) is 12.2. The molecule has 0 spiro atoms. The van der Waals surface area contributed by atoms with Crippen molar-refractivity contribution in [3.05, 3.63) is 12.2 Å². The predicted octanol–water partition coefficient (Wildman–Crippen LogP) is 13.5. The van der Waals surface area contributed by atoms with Crippen molar-refractivity contribution in [2.45, 2.75) is 232 Å². The number of allylic oxidation sites excluding steroid dienone is 2. The first kappa shape index (κ1) is 42.7. The topological polar surface area (TPSA) is 63.6 Å². The zero-order valence-electron chi connectivity index (χ0n) is 29.7. The van der Waals surface area contributed by atoms with Gasteiger partial charge in [-0.25, -0.2) is 0 Å². The molecule has 4 heteroatoms. The van der Waals surface area contributed by atoms with Crippen LogP contribution in [0.2, 0.25) is 0 Å². The van der Waals surface area contributed by atoms with Crippen LogP contribution in [0.3, 0.4) is 0 Å². The summed E-state index contributed by atoms with van der Waals surface area (Å²) in [5.41, 5.74) is 0. The van der Waals surface area contributed by atoms with Gasteiger partial charge in [-0.2, -0.15) is 0 Å². The molecule has 0 bridgehead atoms. The first-order valence-electron chi connectivity index (χ1n) is 19.7. The van der Waals surface area contributed by atoms with E-state index >= 15 is 0 Å². The van der Waals surface area contributed by atoms with Crippen molar-refractivity contribution in [3.63, 3.8) is 0 Å². The number of esters is 1. The third kappa shape index (κ3) is 35.2. The number of rotatable bonds is 36. The van der Waals surface area contributed by atoms with Gasteiger partial charge in [-0.3, -0.25) is 9.59 Å². The minimum atomic E-state index is -0.699. The van der Waals surface area contributed by atoms with Gasteiger partial charge < -0.3 is 9.84 Å². The lowest BCUT2D eigenvalue weighted by Crippen LogP contribution is -2.18. The van der Waals surface area contributed by atoms with Crippen LogP contribution >= 0.6 is 0 Å². The molecule has 260 valence electrons. The first-order valence-corrected chi connectivity index (χ1v) is 19.7. The van der Waals surface area contributed by atoms with Crippen molar-refractivity contribution in [2.75, 3.05) is 0 Å². The molecule has 0 fully saturated rings. The zero-order valence-corrected chi connectivity index (χ0v) is 29.7. The second kappa shape index (κ2) is 36.2. The minimum Gasteiger partial charge on any atom is -0.481 e. The highest BCUT2D eigenvalue weighted by molar-refractivity contribution is 5.69. The summed E-state index contributed by atoms with van der Waals surface area (Å²) >= 11 is 0. The van der Waals surface area contributed by atoms with Crippen LogP contribution < -0.4 is 0 Å². The lowest BCUT2D eigenvalue weighted by molar-refractivity contribution is -0.150. The second-order valence-corrected chi connectivity index (χ2v) is 13.5. The lowest BCUT2D eigenvalue weighted by Gasteiger charge is -2.18.